The van der Waals surface area contributed by atoms with Crippen molar-refractivity contribution >= 4 is 5.97 Å². The van der Waals surface area contributed by atoms with Crippen LogP contribution in [0.1, 0.15) is 39.0 Å². The van der Waals surface area contributed by atoms with E-state index < -0.39 is 12.1 Å². The first kappa shape index (κ1) is 12.8. The number of hydrogen-bond donors (Lipinski definition) is 1. The molecule has 4 nitrogen and oxygen atoms in total. The van der Waals surface area contributed by atoms with Gasteiger partial charge in [0.05, 0.1) is 6.61 Å². The van der Waals surface area contributed by atoms with E-state index in [1.807, 2.05) is 0 Å². The molecule has 98 valence electrons. The lowest BCUT2D eigenvalue weighted by Gasteiger charge is -2.44. The lowest BCUT2D eigenvalue weighted by atomic mass is 9.84. The van der Waals surface area contributed by atoms with Crippen LogP contribution in [0.15, 0.2) is 0 Å². The number of rotatable bonds is 3. The Morgan fingerprint density at radius 1 is 1.35 bits per heavy atom. The van der Waals surface area contributed by atoms with Gasteiger partial charge in [0.1, 0.15) is 6.10 Å². The second kappa shape index (κ2) is 5.83. The summed E-state index contributed by atoms with van der Waals surface area (Å²) >= 11 is 0. The Morgan fingerprint density at radius 2 is 2.12 bits per heavy atom. The van der Waals surface area contributed by atoms with E-state index >= 15 is 0 Å². The van der Waals surface area contributed by atoms with E-state index in [1.54, 1.807) is 0 Å². The second-order valence-corrected chi connectivity index (χ2v) is 5.31. The molecule has 0 saturated carbocycles. The first-order chi connectivity index (χ1) is 8.18. The highest BCUT2D eigenvalue weighted by Gasteiger charge is 2.33. The van der Waals surface area contributed by atoms with Crippen molar-refractivity contribution in [3.63, 3.8) is 0 Å². The van der Waals surface area contributed by atoms with Gasteiger partial charge in [-0.15, -0.1) is 0 Å². The molecule has 0 spiro atoms. The number of aliphatic hydroxyl groups excluding tert-OH is 1. The molecular formula is C13H23NO3. The van der Waals surface area contributed by atoms with Crippen LogP contribution in [-0.2, 0) is 9.53 Å². The highest BCUT2D eigenvalue weighted by molar-refractivity contribution is 5.73. The quantitative estimate of drug-likeness (QED) is 0.754. The predicted molar refractivity (Wildman–Crippen MR) is 64.6 cm³/mol. The van der Waals surface area contributed by atoms with Crippen molar-refractivity contribution in [3.05, 3.63) is 0 Å². The summed E-state index contributed by atoms with van der Waals surface area (Å²) in [6.45, 7) is 4.33. The molecule has 4 heteroatoms. The third-order valence-electron chi connectivity index (χ3n) is 4.01. The summed E-state index contributed by atoms with van der Waals surface area (Å²) in [5.41, 5.74) is 0. The Morgan fingerprint density at radius 3 is 2.88 bits per heavy atom. The van der Waals surface area contributed by atoms with Gasteiger partial charge in [-0.1, -0.05) is 6.42 Å². The van der Waals surface area contributed by atoms with E-state index in [-0.39, 0.29) is 0 Å². The summed E-state index contributed by atoms with van der Waals surface area (Å²) in [7, 11) is 0. The largest absolute Gasteiger partial charge is 0.463 e. The first-order valence-corrected chi connectivity index (χ1v) is 6.77. The summed E-state index contributed by atoms with van der Waals surface area (Å²) in [4.78, 5) is 13.8. The third kappa shape index (κ3) is 3.19. The van der Waals surface area contributed by atoms with Crippen LogP contribution in [0.3, 0.4) is 0 Å². The number of fused-ring (bicyclic) bond motifs is 1. The normalized spacial score (nSPS) is 31.6. The van der Waals surface area contributed by atoms with Gasteiger partial charge >= 0.3 is 5.97 Å². The second-order valence-electron chi connectivity index (χ2n) is 5.31. The Labute approximate surface area is 103 Å². The van der Waals surface area contributed by atoms with Crippen molar-refractivity contribution in [1.82, 2.24) is 4.90 Å². The third-order valence-corrected chi connectivity index (χ3v) is 4.01. The molecule has 0 aromatic heterocycles. The summed E-state index contributed by atoms with van der Waals surface area (Å²) < 4.78 is 5.18. The van der Waals surface area contributed by atoms with Crippen molar-refractivity contribution in [1.29, 1.82) is 0 Å². The van der Waals surface area contributed by atoms with E-state index in [0.717, 1.165) is 6.42 Å². The van der Waals surface area contributed by atoms with Crippen molar-refractivity contribution in [3.8, 4) is 0 Å². The van der Waals surface area contributed by atoms with Gasteiger partial charge in [0.25, 0.3) is 0 Å². The minimum atomic E-state index is -0.999. The van der Waals surface area contributed by atoms with Crippen LogP contribution >= 0.6 is 0 Å². The van der Waals surface area contributed by atoms with Crippen LogP contribution in [0.4, 0.5) is 0 Å². The van der Waals surface area contributed by atoms with Crippen LogP contribution in [0.25, 0.3) is 0 Å². The number of ether oxygens (including phenoxy) is 1. The van der Waals surface area contributed by atoms with E-state index in [1.165, 1.54) is 45.7 Å². The van der Waals surface area contributed by atoms with Crippen molar-refractivity contribution in [2.75, 3.05) is 19.7 Å². The van der Waals surface area contributed by atoms with Gasteiger partial charge in [-0.05, 0) is 45.7 Å². The van der Waals surface area contributed by atoms with Crippen molar-refractivity contribution < 1.29 is 14.6 Å². The zero-order valence-electron chi connectivity index (χ0n) is 10.6. The number of carbonyl (C=O) groups is 1. The summed E-state index contributed by atoms with van der Waals surface area (Å²) in [6, 6.07) is 0.597. The van der Waals surface area contributed by atoms with Crippen LogP contribution in [0.2, 0.25) is 0 Å². The summed E-state index contributed by atoms with van der Waals surface area (Å²) in [6.07, 6.45) is 5.18. The number of hydrogen-bond acceptors (Lipinski definition) is 4. The monoisotopic (exact) mass is 241 g/mol. The van der Waals surface area contributed by atoms with Gasteiger partial charge in [-0.25, -0.2) is 4.79 Å². The molecule has 0 aromatic carbocycles. The number of nitrogens with zero attached hydrogens (tertiary/aromatic N) is 1. The molecular weight excluding hydrogens is 218 g/mol. The smallest absolute Gasteiger partial charge is 0.334 e. The molecule has 2 aliphatic heterocycles. The molecule has 0 radical (unpaired) electrons. The Bertz CT molecular complexity index is 265. The van der Waals surface area contributed by atoms with Crippen LogP contribution in [-0.4, -0.2) is 47.8 Å². The predicted octanol–water partition coefficient (Wildman–Crippen LogP) is 1.17. The molecule has 0 bridgehead atoms. The lowest BCUT2D eigenvalue weighted by Crippen LogP contribution is -2.49. The summed E-state index contributed by atoms with van der Waals surface area (Å²) in [5.74, 6) is -0.0234. The van der Waals surface area contributed by atoms with E-state index in [2.05, 4.69) is 4.90 Å². The fourth-order valence-electron chi connectivity index (χ4n) is 3.08. The maximum absolute atomic E-state index is 11.3. The molecule has 0 aliphatic carbocycles. The van der Waals surface area contributed by atoms with Gasteiger partial charge in [0.2, 0.25) is 0 Å². The zero-order chi connectivity index (χ0) is 12.3. The van der Waals surface area contributed by atoms with Gasteiger partial charge in [0, 0.05) is 12.0 Å². The molecule has 2 fully saturated rings. The minimum absolute atomic E-state index is 0.465. The Hall–Kier alpha value is -0.610. The fourth-order valence-corrected chi connectivity index (χ4v) is 3.08. The average Bonchev–Trinajstić information content (AvgIpc) is 2.35. The van der Waals surface area contributed by atoms with Crippen molar-refractivity contribution in [2.24, 2.45) is 5.92 Å². The van der Waals surface area contributed by atoms with Gasteiger partial charge in [-0.3, -0.25) is 4.90 Å². The maximum atomic E-state index is 11.3. The zero-order valence-corrected chi connectivity index (χ0v) is 10.6. The van der Waals surface area contributed by atoms with E-state index in [0.29, 0.717) is 18.6 Å². The maximum Gasteiger partial charge on any atom is 0.334 e. The molecule has 17 heavy (non-hydrogen) atoms. The number of esters is 1. The fraction of sp³-hybridized carbons (Fsp3) is 0.923. The van der Waals surface area contributed by atoms with Crippen molar-refractivity contribution in [2.45, 2.75) is 51.2 Å². The topological polar surface area (TPSA) is 49.8 Å². The van der Waals surface area contributed by atoms with Gasteiger partial charge in [0.15, 0.2) is 0 Å². The average molecular weight is 241 g/mol. The number of aliphatic hydroxyl groups is 1. The Kier molecular flexibility index (Phi) is 4.40. The van der Waals surface area contributed by atoms with E-state index in [9.17, 15) is 4.79 Å². The molecule has 2 saturated heterocycles. The van der Waals surface area contributed by atoms with Gasteiger partial charge in [-0.2, -0.15) is 0 Å². The van der Waals surface area contributed by atoms with Crippen LogP contribution in [0.5, 0.6) is 0 Å². The minimum Gasteiger partial charge on any atom is -0.463 e. The molecule has 0 aromatic rings. The molecule has 1 N–H and O–H groups in total. The number of piperidine rings is 2. The first-order valence-electron chi connectivity index (χ1n) is 6.77. The van der Waals surface area contributed by atoms with Gasteiger partial charge < -0.3 is 9.84 Å². The molecule has 2 unspecified atom stereocenters. The molecule has 2 rings (SSSR count). The van der Waals surface area contributed by atoms with Crippen LogP contribution < -0.4 is 0 Å². The summed E-state index contributed by atoms with van der Waals surface area (Å²) in [5, 5.41) is 9.10. The highest BCUT2D eigenvalue weighted by atomic mass is 16.5. The lowest BCUT2D eigenvalue weighted by molar-refractivity contribution is -0.155. The molecule has 2 heterocycles. The number of carbonyl (C=O) groups excluding carboxylic acids is 1. The SMILES string of the molecule is CC(O)C(=O)OC[C@@H]1CCCN2CCCCC12. The molecule has 3 atom stereocenters. The Balaban J connectivity index is 1.84. The molecule has 2 aliphatic rings. The molecule has 0 amide bonds. The van der Waals surface area contributed by atoms with Crippen LogP contribution in [0, 0.1) is 5.92 Å². The standard InChI is InChI=1S/C13H23NO3/c1-10(15)13(16)17-9-11-5-4-8-14-7-3-2-6-12(11)14/h10-12,15H,2-9H2,1H3/t10?,11-,12?/m0/s1. The highest BCUT2D eigenvalue weighted by Crippen LogP contribution is 2.30. The van der Waals surface area contributed by atoms with E-state index in [4.69, 9.17) is 9.84 Å².